The van der Waals surface area contributed by atoms with E-state index in [0.29, 0.717) is 0 Å². The van der Waals surface area contributed by atoms with Crippen LogP contribution in [0.1, 0.15) is 6.42 Å². The lowest BCUT2D eigenvalue weighted by atomic mass is 10.2. The van der Waals surface area contributed by atoms with Crippen molar-refractivity contribution >= 4 is 5.97 Å². The molecule has 1 heterocycles. The smallest absolute Gasteiger partial charge is 0.309 e. The van der Waals surface area contributed by atoms with Crippen LogP contribution in [0.25, 0.3) is 0 Å². The van der Waals surface area contributed by atoms with Crippen LogP contribution >= 0.6 is 0 Å². The number of nitrogens with two attached hydrogens (primary N) is 2. The van der Waals surface area contributed by atoms with Crippen molar-refractivity contribution in [3.05, 3.63) is 0 Å². The van der Waals surface area contributed by atoms with E-state index in [1.807, 2.05) is 0 Å². The van der Waals surface area contributed by atoms with Gasteiger partial charge in [0.25, 0.3) is 0 Å². The summed E-state index contributed by atoms with van der Waals surface area (Å²) in [5.41, 5.74) is 10.5. The fourth-order valence-corrected chi connectivity index (χ4v) is 0.596. The van der Waals surface area contributed by atoms with Gasteiger partial charge < -0.3 is 10.5 Å². The second kappa shape index (κ2) is 1.72. The molecule has 4 heteroatoms. The number of cyclic esters (lactones) is 1. The van der Waals surface area contributed by atoms with Gasteiger partial charge in [-0.15, -0.1) is 0 Å². The zero-order valence-electron chi connectivity index (χ0n) is 4.33. The number of carbonyl (C=O) groups is 1. The van der Waals surface area contributed by atoms with Crippen molar-refractivity contribution in [1.29, 1.82) is 0 Å². The first kappa shape index (κ1) is 5.53. The Morgan fingerprint density at radius 2 is 2.25 bits per heavy atom. The van der Waals surface area contributed by atoms with Crippen molar-refractivity contribution in [1.82, 2.24) is 0 Å². The normalized spacial score (nSPS) is 37.5. The first-order chi connectivity index (χ1) is 3.70. The fourth-order valence-electron chi connectivity index (χ4n) is 0.596. The van der Waals surface area contributed by atoms with Crippen LogP contribution in [-0.4, -0.2) is 18.2 Å². The van der Waals surface area contributed by atoms with Gasteiger partial charge in [-0.2, -0.15) is 0 Å². The van der Waals surface area contributed by atoms with Crippen LogP contribution in [-0.2, 0) is 9.53 Å². The molecular weight excluding hydrogens is 108 g/mol. The number of esters is 1. The van der Waals surface area contributed by atoms with E-state index in [2.05, 4.69) is 4.74 Å². The Hall–Kier alpha value is -0.610. The Morgan fingerprint density at radius 1 is 1.62 bits per heavy atom. The third-order valence-corrected chi connectivity index (χ3v) is 1.09. The summed E-state index contributed by atoms with van der Waals surface area (Å²) < 4.78 is 4.49. The van der Waals surface area contributed by atoms with E-state index < -0.39 is 6.23 Å². The number of hydrogen-bond donors (Lipinski definition) is 2. The Morgan fingerprint density at radius 3 is 2.38 bits per heavy atom. The molecule has 1 aliphatic heterocycles. The highest BCUT2D eigenvalue weighted by atomic mass is 16.6. The Labute approximate surface area is 46.8 Å². The van der Waals surface area contributed by atoms with Gasteiger partial charge in [-0.25, -0.2) is 0 Å². The van der Waals surface area contributed by atoms with Crippen LogP contribution in [0, 0.1) is 0 Å². The summed E-state index contributed by atoms with van der Waals surface area (Å²) >= 11 is 0. The monoisotopic (exact) mass is 116 g/mol. The minimum absolute atomic E-state index is 0.251. The topological polar surface area (TPSA) is 78.3 Å². The summed E-state index contributed by atoms with van der Waals surface area (Å²) in [6.07, 6.45) is -0.330. The molecule has 0 aromatic heterocycles. The van der Waals surface area contributed by atoms with Crippen LogP contribution in [0.4, 0.5) is 0 Å². The molecule has 0 aliphatic carbocycles. The molecule has 0 bridgehead atoms. The van der Waals surface area contributed by atoms with Gasteiger partial charge in [-0.3, -0.25) is 10.5 Å². The van der Waals surface area contributed by atoms with Crippen LogP contribution in [0.15, 0.2) is 0 Å². The van der Waals surface area contributed by atoms with Crippen LogP contribution < -0.4 is 11.5 Å². The summed E-state index contributed by atoms with van der Waals surface area (Å²) in [5.74, 6) is -0.301. The van der Waals surface area contributed by atoms with Gasteiger partial charge in [-0.05, 0) is 0 Å². The van der Waals surface area contributed by atoms with E-state index in [-0.39, 0.29) is 18.4 Å². The molecule has 2 unspecified atom stereocenters. The summed E-state index contributed by atoms with van der Waals surface area (Å²) in [6, 6.07) is -0.303. The van der Waals surface area contributed by atoms with Gasteiger partial charge >= 0.3 is 5.97 Å². The SMILES string of the molecule is NC1CC(=O)OC1N. The molecule has 2 atom stereocenters. The van der Waals surface area contributed by atoms with Gasteiger partial charge in [0.05, 0.1) is 12.5 Å². The summed E-state index contributed by atoms with van der Waals surface area (Å²) in [6.45, 7) is 0. The van der Waals surface area contributed by atoms with Crippen molar-refractivity contribution in [3.8, 4) is 0 Å². The molecule has 0 aromatic rings. The van der Waals surface area contributed by atoms with Crippen molar-refractivity contribution in [2.75, 3.05) is 0 Å². The lowest BCUT2D eigenvalue weighted by Gasteiger charge is -2.03. The first-order valence-corrected chi connectivity index (χ1v) is 2.41. The second-order valence-electron chi connectivity index (χ2n) is 1.82. The Balaban J connectivity index is 2.51. The van der Waals surface area contributed by atoms with E-state index in [9.17, 15) is 4.79 Å². The highest BCUT2D eigenvalue weighted by Crippen LogP contribution is 2.06. The molecule has 0 radical (unpaired) electrons. The lowest BCUT2D eigenvalue weighted by Crippen LogP contribution is -2.36. The maximum Gasteiger partial charge on any atom is 0.309 e. The molecule has 46 valence electrons. The van der Waals surface area contributed by atoms with Crippen LogP contribution in [0.2, 0.25) is 0 Å². The third kappa shape index (κ3) is 0.801. The zero-order chi connectivity index (χ0) is 6.15. The van der Waals surface area contributed by atoms with E-state index in [1.54, 1.807) is 0 Å². The number of rotatable bonds is 0. The molecule has 0 saturated carbocycles. The summed E-state index contributed by atoms with van der Waals surface area (Å²) in [4.78, 5) is 10.3. The first-order valence-electron chi connectivity index (χ1n) is 2.41. The van der Waals surface area contributed by atoms with Crippen molar-refractivity contribution < 1.29 is 9.53 Å². The van der Waals surface area contributed by atoms with Gasteiger partial charge in [0.1, 0.15) is 0 Å². The van der Waals surface area contributed by atoms with Gasteiger partial charge in [0.2, 0.25) is 0 Å². The van der Waals surface area contributed by atoms with E-state index in [4.69, 9.17) is 11.5 Å². The third-order valence-electron chi connectivity index (χ3n) is 1.09. The molecule has 0 spiro atoms. The van der Waals surface area contributed by atoms with Crippen LogP contribution in [0.3, 0.4) is 0 Å². The highest BCUT2D eigenvalue weighted by molar-refractivity contribution is 5.72. The average molecular weight is 116 g/mol. The number of hydrogen-bond acceptors (Lipinski definition) is 4. The van der Waals surface area contributed by atoms with Gasteiger partial charge in [0.15, 0.2) is 6.23 Å². The quantitative estimate of drug-likeness (QED) is 0.379. The van der Waals surface area contributed by atoms with Crippen molar-refractivity contribution in [2.45, 2.75) is 18.7 Å². The maximum atomic E-state index is 10.3. The standard InChI is InChI=1S/C4H8N2O2/c5-2-1-3(7)8-4(2)6/h2,4H,1,5-6H2. The van der Waals surface area contributed by atoms with E-state index in [0.717, 1.165) is 0 Å². The minimum atomic E-state index is -0.581. The summed E-state index contributed by atoms with van der Waals surface area (Å²) in [7, 11) is 0. The van der Waals surface area contributed by atoms with E-state index >= 15 is 0 Å². The minimum Gasteiger partial charge on any atom is -0.445 e. The molecular formula is C4H8N2O2. The number of carbonyl (C=O) groups excluding carboxylic acids is 1. The lowest BCUT2D eigenvalue weighted by molar-refractivity contribution is -0.141. The molecule has 1 fully saturated rings. The van der Waals surface area contributed by atoms with Crippen molar-refractivity contribution in [3.63, 3.8) is 0 Å². The largest absolute Gasteiger partial charge is 0.445 e. The fraction of sp³-hybridized carbons (Fsp3) is 0.750. The van der Waals surface area contributed by atoms with Gasteiger partial charge in [0, 0.05) is 0 Å². The Bertz CT molecular complexity index is 103. The average Bonchev–Trinajstić information content (AvgIpc) is 1.85. The second-order valence-corrected chi connectivity index (χ2v) is 1.82. The predicted molar refractivity (Wildman–Crippen MR) is 26.7 cm³/mol. The summed E-state index contributed by atoms with van der Waals surface area (Å²) in [5, 5.41) is 0. The molecule has 4 N–H and O–H groups in total. The van der Waals surface area contributed by atoms with Gasteiger partial charge in [-0.1, -0.05) is 0 Å². The van der Waals surface area contributed by atoms with E-state index in [1.165, 1.54) is 0 Å². The highest BCUT2D eigenvalue weighted by Gasteiger charge is 2.28. The van der Waals surface area contributed by atoms with Crippen molar-refractivity contribution in [2.24, 2.45) is 11.5 Å². The molecule has 1 rings (SSSR count). The molecule has 1 aliphatic rings. The Kier molecular flexibility index (Phi) is 1.19. The molecule has 8 heavy (non-hydrogen) atoms. The van der Waals surface area contributed by atoms with Crippen LogP contribution in [0.5, 0.6) is 0 Å². The maximum absolute atomic E-state index is 10.3. The molecule has 4 nitrogen and oxygen atoms in total. The molecule has 0 aromatic carbocycles. The zero-order valence-corrected chi connectivity index (χ0v) is 4.33. The molecule has 0 amide bonds. The molecule has 1 saturated heterocycles. The predicted octanol–water partition coefficient (Wildman–Crippen LogP) is -1.45. The number of ether oxygens (including phenoxy) is 1.